The highest BCUT2D eigenvalue weighted by molar-refractivity contribution is 5.62. The molecule has 0 saturated heterocycles. The lowest BCUT2D eigenvalue weighted by Gasteiger charge is -2.29. The van der Waals surface area contributed by atoms with Crippen LogP contribution in [0.3, 0.4) is 0 Å². The van der Waals surface area contributed by atoms with Crippen molar-refractivity contribution < 1.29 is 4.57 Å². The van der Waals surface area contributed by atoms with Crippen molar-refractivity contribution in [2.24, 2.45) is 11.3 Å². The van der Waals surface area contributed by atoms with Crippen LogP contribution >= 0.6 is 0 Å². The zero-order valence-corrected chi connectivity index (χ0v) is 21.0. The van der Waals surface area contributed by atoms with Crippen LogP contribution in [0.5, 0.6) is 0 Å². The highest BCUT2D eigenvalue weighted by Crippen LogP contribution is 2.35. The van der Waals surface area contributed by atoms with E-state index < -0.39 is 0 Å². The molecule has 0 bridgehead atoms. The van der Waals surface area contributed by atoms with Gasteiger partial charge in [-0.25, -0.2) is 0 Å². The van der Waals surface area contributed by atoms with E-state index in [2.05, 4.69) is 112 Å². The molecule has 0 saturated carbocycles. The van der Waals surface area contributed by atoms with Gasteiger partial charge in [0.05, 0.1) is 5.69 Å². The van der Waals surface area contributed by atoms with Crippen molar-refractivity contribution in [3.8, 4) is 11.3 Å². The lowest BCUT2D eigenvalue weighted by molar-refractivity contribution is -0.571. The molecule has 0 aliphatic carbocycles. The summed E-state index contributed by atoms with van der Waals surface area (Å²) in [5.74, 6) is 0.416. The third-order valence-electron chi connectivity index (χ3n) is 6.76. The first-order valence-electron chi connectivity index (χ1n) is 12.2. The molecule has 0 radical (unpaired) electrons. The van der Waals surface area contributed by atoms with Gasteiger partial charge in [0.1, 0.15) is 0 Å². The second-order valence-electron chi connectivity index (χ2n) is 9.75. The van der Waals surface area contributed by atoms with Crippen molar-refractivity contribution in [3.05, 3.63) is 97.0 Å². The summed E-state index contributed by atoms with van der Waals surface area (Å²) in [5, 5.41) is 0. The first-order valence-corrected chi connectivity index (χ1v) is 12.2. The van der Waals surface area contributed by atoms with Gasteiger partial charge in [-0.3, -0.25) is 4.98 Å². The Balaban J connectivity index is 1.84. The quantitative estimate of drug-likeness (QED) is 0.292. The lowest BCUT2D eigenvalue weighted by atomic mass is 9.76. The molecule has 0 aliphatic rings. The molecule has 2 heterocycles. The number of unbranched alkanes of at least 4 members (excludes halogenated alkanes) is 1. The molecule has 0 spiro atoms. The summed E-state index contributed by atoms with van der Waals surface area (Å²) in [5.41, 5.74) is 7.34. The van der Waals surface area contributed by atoms with E-state index in [0.717, 1.165) is 24.2 Å². The van der Waals surface area contributed by atoms with Gasteiger partial charge in [0.25, 0.3) is 0 Å². The van der Waals surface area contributed by atoms with Crippen LogP contribution in [-0.2, 0) is 6.42 Å². The van der Waals surface area contributed by atoms with Crippen LogP contribution in [0, 0.1) is 11.3 Å². The van der Waals surface area contributed by atoms with Crippen molar-refractivity contribution in [1.29, 1.82) is 0 Å². The minimum absolute atomic E-state index is 0.0130. The third-order valence-corrected chi connectivity index (χ3v) is 6.76. The minimum atomic E-state index is 0.0130. The van der Waals surface area contributed by atoms with E-state index in [0.29, 0.717) is 5.92 Å². The molecule has 0 N–H and O–H groups in total. The molecule has 1 aromatic carbocycles. The van der Waals surface area contributed by atoms with Gasteiger partial charge in [-0.15, -0.1) is 0 Å². The number of aromatic nitrogens is 2. The average molecular weight is 440 g/mol. The van der Waals surface area contributed by atoms with Crippen molar-refractivity contribution in [2.45, 2.75) is 60.3 Å². The molecule has 0 fully saturated rings. The molecule has 0 unspecified atom stereocenters. The van der Waals surface area contributed by atoms with E-state index in [-0.39, 0.29) is 5.41 Å². The maximum atomic E-state index is 4.52. The maximum Gasteiger partial charge on any atom is 0.218 e. The van der Waals surface area contributed by atoms with Crippen molar-refractivity contribution >= 4 is 11.3 Å². The van der Waals surface area contributed by atoms with Gasteiger partial charge in [-0.2, -0.15) is 4.57 Å². The number of rotatable bonds is 10. The van der Waals surface area contributed by atoms with Crippen LogP contribution in [0.25, 0.3) is 22.5 Å². The number of allylic oxidation sites excluding steroid dienone is 3. The minimum Gasteiger partial charge on any atom is -0.257 e. The fourth-order valence-electron chi connectivity index (χ4n) is 4.38. The van der Waals surface area contributed by atoms with Crippen LogP contribution in [0.4, 0.5) is 0 Å². The first-order chi connectivity index (χ1) is 15.8. The molecule has 3 rings (SSSR count). The van der Waals surface area contributed by atoms with Gasteiger partial charge in [-0.1, -0.05) is 64.5 Å². The highest BCUT2D eigenvalue weighted by atomic mass is 15.0. The normalized spacial score (nSPS) is 13.1. The largest absolute Gasteiger partial charge is 0.257 e. The zero-order valence-electron chi connectivity index (χ0n) is 21.0. The summed E-state index contributed by atoms with van der Waals surface area (Å²) in [6.45, 7) is 15.9. The van der Waals surface area contributed by atoms with Crippen LogP contribution < -0.4 is 4.57 Å². The van der Waals surface area contributed by atoms with Crippen LogP contribution in [0.15, 0.2) is 85.7 Å². The summed E-state index contributed by atoms with van der Waals surface area (Å²) in [6, 6.07) is 21.3. The van der Waals surface area contributed by atoms with E-state index in [4.69, 9.17) is 0 Å². The number of pyridine rings is 2. The number of hydrogen-bond acceptors (Lipinski definition) is 1. The standard InChI is InChI=1S/C31H39N2/c1-7-8-15-27-16-9-10-17-28(27)30-19-12-14-21-33(30)26(4)22-25(3)31(5,6)23-24(2)29-18-11-13-20-32-29/h9-14,16-21,23,25H,4,7-8,15,22H2,1-3,5-6H3/q+1/b24-23+/t25-/m1/s1. The van der Waals surface area contributed by atoms with Crippen molar-refractivity contribution in [1.82, 2.24) is 4.98 Å². The Morgan fingerprint density at radius 3 is 2.52 bits per heavy atom. The maximum absolute atomic E-state index is 4.52. The van der Waals surface area contributed by atoms with Gasteiger partial charge >= 0.3 is 0 Å². The highest BCUT2D eigenvalue weighted by Gasteiger charge is 2.28. The average Bonchev–Trinajstić information content (AvgIpc) is 2.83. The number of nitrogens with zero attached hydrogens (tertiary/aromatic N) is 2. The Hall–Kier alpha value is -3.00. The Labute approximate surface area is 200 Å². The molecular formula is C31H39N2+. The van der Waals surface area contributed by atoms with E-state index >= 15 is 0 Å². The SMILES string of the molecule is C=C(C[C@@H](C)C(C)(C)/C=C(\C)c1ccccn1)[n+]1ccccc1-c1ccccc1CCCC. The topological polar surface area (TPSA) is 16.8 Å². The molecule has 2 nitrogen and oxygen atoms in total. The molecule has 0 amide bonds. The van der Waals surface area contributed by atoms with Gasteiger partial charge in [0, 0.05) is 30.3 Å². The molecular weight excluding hydrogens is 400 g/mol. The fourth-order valence-corrected chi connectivity index (χ4v) is 4.38. The second-order valence-corrected chi connectivity index (χ2v) is 9.75. The van der Waals surface area contributed by atoms with Gasteiger partial charge in [-0.05, 0) is 73.1 Å². The smallest absolute Gasteiger partial charge is 0.218 e. The summed E-state index contributed by atoms with van der Waals surface area (Å²) in [4.78, 5) is 4.52. The Morgan fingerprint density at radius 1 is 1.06 bits per heavy atom. The van der Waals surface area contributed by atoms with Crippen LogP contribution in [0.1, 0.15) is 65.1 Å². The third kappa shape index (κ3) is 6.28. The number of benzene rings is 1. The number of hydrogen-bond donors (Lipinski definition) is 0. The summed E-state index contributed by atoms with van der Waals surface area (Å²) in [7, 11) is 0. The Morgan fingerprint density at radius 2 is 1.79 bits per heavy atom. The molecule has 2 aromatic heterocycles. The van der Waals surface area contributed by atoms with E-state index in [9.17, 15) is 0 Å². The molecule has 33 heavy (non-hydrogen) atoms. The molecule has 1 atom stereocenters. The predicted molar refractivity (Wildman–Crippen MR) is 141 cm³/mol. The Bertz CT molecular complexity index is 1090. The predicted octanol–water partition coefficient (Wildman–Crippen LogP) is 8.01. The van der Waals surface area contributed by atoms with Crippen molar-refractivity contribution in [2.75, 3.05) is 0 Å². The number of aryl methyl sites for hydroxylation is 1. The zero-order chi connectivity index (χ0) is 23.8. The summed E-state index contributed by atoms with van der Waals surface area (Å²) < 4.78 is 2.28. The second kappa shape index (κ2) is 11.2. The van der Waals surface area contributed by atoms with Crippen molar-refractivity contribution in [3.63, 3.8) is 0 Å². The molecule has 0 aliphatic heterocycles. The molecule has 3 aromatic rings. The summed E-state index contributed by atoms with van der Waals surface area (Å²) in [6.07, 6.45) is 10.8. The monoisotopic (exact) mass is 439 g/mol. The Kier molecular flexibility index (Phi) is 8.38. The van der Waals surface area contributed by atoms with Crippen LogP contribution in [-0.4, -0.2) is 4.98 Å². The molecule has 2 heteroatoms. The van der Waals surface area contributed by atoms with E-state index in [1.54, 1.807) is 0 Å². The summed E-state index contributed by atoms with van der Waals surface area (Å²) >= 11 is 0. The van der Waals surface area contributed by atoms with Gasteiger partial charge in [0.2, 0.25) is 5.69 Å². The fraction of sp³-hybridized carbons (Fsp3) is 0.355. The lowest BCUT2D eigenvalue weighted by Crippen LogP contribution is -2.36. The van der Waals surface area contributed by atoms with E-state index in [1.807, 2.05) is 18.3 Å². The van der Waals surface area contributed by atoms with Gasteiger partial charge < -0.3 is 0 Å². The first kappa shape index (κ1) is 24.6. The van der Waals surface area contributed by atoms with Crippen LogP contribution in [0.2, 0.25) is 0 Å². The van der Waals surface area contributed by atoms with E-state index in [1.165, 1.54) is 35.2 Å². The molecule has 172 valence electrons. The van der Waals surface area contributed by atoms with Gasteiger partial charge in [0.15, 0.2) is 11.9 Å².